The van der Waals surface area contributed by atoms with Gasteiger partial charge in [-0.15, -0.1) is 11.3 Å². The third-order valence-electron chi connectivity index (χ3n) is 4.96. The number of fused-ring (bicyclic) bond motifs is 1. The number of rotatable bonds is 5. The molecule has 0 aliphatic carbocycles. The van der Waals surface area contributed by atoms with Crippen molar-refractivity contribution in [3.63, 3.8) is 0 Å². The first-order valence-corrected chi connectivity index (χ1v) is 11.3. The fourth-order valence-electron chi connectivity index (χ4n) is 3.61. The lowest BCUT2D eigenvalue weighted by molar-refractivity contribution is -0.136. The molecule has 0 bridgehead atoms. The predicted octanol–water partition coefficient (Wildman–Crippen LogP) is 1.20. The van der Waals surface area contributed by atoms with Crippen molar-refractivity contribution in [1.82, 2.24) is 14.9 Å². The van der Waals surface area contributed by atoms with Crippen molar-refractivity contribution in [2.24, 2.45) is 0 Å². The lowest BCUT2D eigenvalue weighted by Crippen LogP contribution is -2.52. The topological polar surface area (TPSA) is 126 Å². The normalized spacial score (nSPS) is 19.6. The monoisotopic (exact) mass is 437 g/mol. The fraction of sp³-hybridized carbons (Fsp3) is 0.389. The number of sulfonamides is 1. The van der Waals surface area contributed by atoms with Gasteiger partial charge in [0.05, 0.1) is 4.88 Å². The summed E-state index contributed by atoms with van der Waals surface area (Å²) in [4.78, 5) is 38.8. The predicted molar refractivity (Wildman–Crippen MR) is 103 cm³/mol. The first-order valence-electron chi connectivity index (χ1n) is 8.98. The summed E-state index contributed by atoms with van der Waals surface area (Å²) in [6.45, 7) is 3.58. The Balaban J connectivity index is 1.45. The highest BCUT2D eigenvalue weighted by molar-refractivity contribution is 7.89. The van der Waals surface area contributed by atoms with Crippen LogP contribution in [0.4, 0.5) is 0 Å². The zero-order valence-electron chi connectivity index (χ0n) is 15.8. The lowest BCUT2D eigenvalue weighted by atomic mass is 10.0. The standard InChI is InChI=1S/C18H19N3O6S2/c1-9-5-14(10(2)27-9)29(25,26)19-7-12-6-11-8-21(18(24)16(11)28-12)13-3-4-15(22)20-17(13)23/h5-6,13,19H,3-4,7-8H2,1-2H3,(H,20,22,23). The van der Waals surface area contributed by atoms with Gasteiger partial charge in [0.15, 0.2) is 0 Å². The number of nitrogens with zero attached hydrogens (tertiary/aromatic N) is 1. The Bertz CT molecular complexity index is 1130. The number of carbonyl (C=O) groups excluding carboxylic acids is 3. The van der Waals surface area contributed by atoms with Crippen LogP contribution in [0.5, 0.6) is 0 Å². The molecule has 3 amide bonds. The van der Waals surface area contributed by atoms with Gasteiger partial charge in [-0.25, -0.2) is 13.1 Å². The Morgan fingerprint density at radius 3 is 2.66 bits per heavy atom. The fourth-order valence-corrected chi connectivity index (χ4v) is 6.01. The molecule has 1 fully saturated rings. The van der Waals surface area contributed by atoms with Gasteiger partial charge < -0.3 is 9.32 Å². The highest BCUT2D eigenvalue weighted by Gasteiger charge is 2.40. The van der Waals surface area contributed by atoms with E-state index >= 15 is 0 Å². The Morgan fingerprint density at radius 2 is 2.03 bits per heavy atom. The summed E-state index contributed by atoms with van der Waals surface area (Å²) >= 11 is 1.20. The van der Waals surface area contributed by atoms with Crippen LogP contribution in [0.15, 0.2) is 21.4 Å². The minimum atomic E-state index is -3.73. The second-order valence-corrected chi connectivity index (χ2v) is 9.94. The van der Waals surface area contributed by atoms with Gasteiger partial charge in [0.1, 0.15) is 22.5 Å². The summed E-state index contributed by atoms with van der Waals surface area (Å²) in [6, 6.07) is 2.58. The minimum Gasteiger partial charge on any atom is -0.465 e. The number of furan rings is 1. The van der Waals surface area contributed by atoms with Crippen molar-refractivity contribution in [3.05, 3.63) is 39.0 Å². The quantitative estimate of drug-likeness (QED) is 0.677. The maximum absolute atomic E-state index is 12.7. The lowest BCUT2D eigenvalue weighted by Gasteiger charge is -2.29. The van der Waals surface area contributed by atoms with E-state index < -0.39 is 22.0 Å². The molecular weight excluding hydrogens is 418 g/mol. The number of amides is 3. The van der Waals surface area contributed by atoms with Gasteiger partial charge in [-0.2, -0.15) is 0 Å². The Kier molecular flexibility index (Phi) is 4.83. The molecular formula is C18H19N3O6S2. The van der Waals surface area contributed by atoms with Crippen molar-refractivity contribution in [3.8, 4) is 0 Å². The maximum atomic E-state index is 12.7. The van der Waals surface area contributed by atoms with Gasteiger partial charge in [-0.1, -0.05) is 0 Å². The van der Waals surface area contributed by atoms with Crippen molar-refractivity contribution >= 4 is 39.1 Å². The third-order valence-corrected chi connectivity index (χ3v) is 7.64. The molecule has 0 radical (unpaired) electrons. The largest absolute Gasteiger partial charge is 0.465 e. The van der Waals surface area contributed by atoms with Crippen LogP contribution in [-0.2, 0) is 32.7 Å². The molecule has 2 aromatic rings. The molecule has 154 valence electrons. The number of carbonyl (C=O) groups is 3. The molecule has 11 heteroatoms. The van der Waals surface area contributed by atoms with Crippen molar-refractivity contribution in [1.29, 1.82) is 0 Å². The molecule has 1 saturated heterocycles. The van der Waals surface area contributed by atoms with Crippen molar-refractivity contribution in [2.45, 2.75) is 50.7 Å². The molecule has 1 atom stereocenters. The molecule has 0 aromatic carbocycles. The van der Waals surface area contributed by atoms with Crippen LogP contribution in [0, 0.1) is 13.8 Å². The second kappa shape index (κ2) is 7.08. The number of nitrogens with one attached hydrogen (secondary N) is 2. The first kappa shape index (κ1) is 19.8. The smallest absolute Gasteiger partial charge is 0.265 e. The Hall–Kier alpha value is -2.50. The third kappa shape index (κ3) is 3.61. The molecule has 9 nitrogen and oxygen atoms in total. The van der Waals surface area contributed by atoms with Crippen LogP contribution < -0.4 is 10.0 Å². The van der Waals surface area contributed by atoms with E-state index in [4.69, 9.17) is 4.42 Å². The van der Waals surface area contributed by atoms with E-state index in [1.165, 1.54) is 22.3 Å². The summed E-state index contributed by atoms with van der Waals surface area (Å²) in [5.74, 6) is -0.223. The highest BCUT2D eigenvalue weighted by Crippen LogP contribution is 2.33. The van der Waals surface area contributed by atoms with Gasteiger partial charge in [0.2, 0.25) is 21.8 Å². The van der Waals surface area contributed by atoms with Gasteiger partial charge in [-0.05, 0) is 38.0 Å². The molecule has 4 heterocycles. The highest BCUT2D eigenvalue weighted by atomic mass is 32.2. The zero-order chi connectivity index (χ0) is 20.9. The average molecular weight is 437 g/mol. The summed E-state index contributed by atoms with van der Waals surface area (Å²) < 4.78 is 32.8. The molecule has 2 N–H and O–H groups in total. The van der Waals surface area contributed by atoms with Gasteiger partial charge in [0, 0.05) is 24.4 Å². The number of aryl methyl sites for hydroxylation is 2. The van der Waals surface area contributed by atoms with Crippen LogP contribution in [-0.4, -0.2) is 37.1 Å². The number of imide groups is 1. The molecule has 2 aromatic heterocycles. The number of hydrogen-bond acceptors (Lipinski definition) is 7. The van der Waals surface area contributed by atoms with Crippen LogP contribution in [0.2, 0.25) is 0 Å². The number of piperidine rings is 1. The molecule has 2 aliphatic rings. The van der Waals surface area contributed by atoms with E-state index in [-0.39, 0.29) is 36.2 Å². The number of hydrogen-bond donors (Lipinski definition) is 2. The Morgan fingerprint density at radius 1 is 1.28 bits per heavy atom. The van der Waals surface area contributed by atoms with E-state index in [2.05, 4.69) is 10.0 Å². The molecule has 29 heavy (non-hydrogen) atoms. The van der Waals surface area contributed by atoms with E-state index in [1.54, 1.807) is 19.9 Å². The van der Waals surface area contributed by atoms with Crippen LogP contribution >= 0.6 is 11.3 Å². The molecule has 2 aliphatic heterocycles. The summed E-state index contributed by atoms with van der Waals surface area (Å²) in [5, 5.41) is 2.26. The molecule has 0 saturated carbocycles. The summed E-state index contributed by atoms with van der Waals surface area (Å²) in [6.07, 6.45) is 0.509. The van der Waals surface area contributed by atoms with Crippen LogP contribution in [0.25, 0.3) is 0 Å². The van der Waals surface area contributed by atoms with E-state index in [0.29, 0.717) is 27.7 Å². The van der Waals surface area contributed by atoms with E-state index in [9.17, 15) is 22.8 Å². The van der Waals surface area contributed by atoms with Gasteiger partial charge in [-0.3, -0.25) is 19.7 Å². The van der Waals surface area contributed by atoms with Crippen molar-refractivity contribution in [2.75, 3.05) is 0 Å². The van der Waals surface area contributed by atoms with Gasteiger partial charge >= 0.3 is 0 Å². The number of thiophene rings is 1. The van der Waals surface area contributed by atoms with Crippen LogP contribution in [0.1, 0.15) is 44.5 Å². The summed E-state index contributed by atoms with van der Waals surface area (Å²) in [5.41, 5.74) is 0.759. The van der Waals surface area contributed by atoms with E-state index in [0.717, 1.165) is 5.56 Å². The molecule has 0 spiro atoms. The second-order valence-electron chi connectivity index (χ2n) is 7.07. The van der Waals surface area contributed by atoms with Crippen molar-refractivity contribution < 1.29 is 27.2 Å². The SMILES string of the molecule is Cc1cc(S(=O)(=O)NCc2cc3c(s2)C(=O)N(C2CCC(=O)NC2=O)C3)c(C)o1. The van der Waals surface area contributed by atoms with E-state index in [1.807, 2.05) is 0 Å². The summed E-state index contributed by atoms with van der Waals surface area (Å²) in [7, 11) is -3.73. The molecule has 4 rings (SSSR count). The molecule has 1 unspecified atom stereocenters. The van der Waals surface area contributed by atoms with Gasteiger partial charge in [0.25, 0.3) is 5.91 Å². The Labute approximate surface area is 171 Å². The minimum absolute atomic E-state index is 0.0510. The van der Waals surface area contributed by atoms with Crippen LogP contribution in [0.3, 0.4) is 0 Å². The maximum Gasteiger partial charge on any atom is 0.265 e. The zero-order valence-corrected chi connectivity index (χ0v) is 17.4. The average Bonchev–Trinajstić information content (AvgIpc) is 3.28. The first-order chi connectivity index (χ1) is 13.7.